The van der Waals surface area contributed by atoms with Crippen LogP contribution in [-0.2, 0) is 0 Å². The van der Waals surface area contributed by atoms with Gasteiger partial charge in [0.15, 0.2) is 5.78 Å². The molecule has 0 bridgehead atoms. The van der Waals surface area contributed by atoms with E-state index < -0.39 is 12.2 Å². The number of ketones is 1. The van der Waals surface area contributed by atoms with Gasteiger partial charge in [-0.15, -0.1) is 0 Å². The standard InChI is InChI=1S/C12H15ClO4/c1-7(15)8-2-3-9(10(13)6-8)12(17)11(16)4-5-14/h2-3,6,11-12,14,16-17H,4-5H2,1H3. The van der Waals surface area contributed by atoms with Crippen molar-refractivity contribution in [3.63, 3.8) is 0 Å². The maximum absolute atomic E-state index is 11.1. The smallest absolute Gasteiger partial charge is 0.159 e. The molecule has 4 nitrogen and oxygen atoms in total. The molecule has 1 rings (SSSR count). The number of aliphatic hydroxyl groups is 3. The number of benzene rings is 1. The van der Waals surface area contributed by atoms with Gasteiger partial charge in [-0.05, 0) is 19.4 Å². The van der Waals surface area contributed by atoms with E-state index in [2.05, 4.69) is 0 Å². The van der Waals surface area contributed by atoms with Gasteiger partial charge in [-0.25, -0.2) is 0 Å². The van der Waals surface area contributed by atoms with E-state index in [0.29, 0.717) is 11.1 Å². The minimum absolute atomic E-state index is 0.0615. The van der Waals surface area contributed by atoms with Gasteiger partial charge in [0.1, 0.15) is 6.10 Å². The Bertz CT molecular complexity index is 405. The Labute approximate surface area is 104 Å². The lowest BCUT2D eigenvalue weighted by atomic mass is 10.00. The second kappa shape index (κ2) is 6.12. The summed E-state index contributed by atoms with van der Waals surface area (Å²) in [4.78, 5) is 11.1. The lowest BCUT2D eigenvalue weighted by Gasteiger charge is -2.18. The molecule has 2 unspecified atom stereocenters. The van der Waals surface area contributed by atoms with Gasteiger partial charge in [-0.1, -0.05) is 23.7 Å². The predicted molar refractivity (Wildman–Crippen MR) is 64.1 cm³/mol. The summed E-state index contributed by atoms with van der Waals surface area (Å²) in [5.74, 6) is -0.121. The van der Waals surface area contributed by atoms with Gasteiger partial charge < -0.3 is 15.3 Å². The monoisotopic (exact) mass is 258 g/mol. The molecular formula is C12H15ClO4. The van der Waals surface area contributed by atoms with E-state index in [9.17, 15) is 15.0 Å². The number of carbonyl (C=O) groups is 1. The van der Waals surface area contributed by atoms with Crippen molar-refractivity contribution in [1.29, 1.82) is 0 Å². The van der Waals surface area contributed by atoms with Crippen molar-refractivity contribution < 1.29 is 20.1 Å². The number of aliphatic hydroxyl groups excluding tert-OH is 3. The van der Waals surface area contributed by atoms with Crippen LogP contribution in [0.15, 0.2) is 18.2 Å². The van der Waals surface area contributed by atoms with E-state index >= 15 is 0 Å². The fourth-order valence-corrected chi connectivity index (χ4v) is 1.78. The highest BCUT2D eigenvalue weighted by atomic mass is 35.5. The molecule has 5 heteroatoms. The Kier molecular flexibility index (Phi) is 5.08. The van der Waals surface area contributed by atoms with E-state index in [1.54, 1.807) is 6.07 Å². The van der Waals surface area contributed by atoms with Crippen LogP contribution in [0.4, 0.5) is 0 Å². The Morgan fingerprint density at radius 1 is 1.41 bits per heavy atom. The van der Waals surface area contributed by atoms with E-state index in [4.69, 9.17) is 16.7 Å². The van der Waals surface area contributed by atoms with Gasteiger partial charge in [0, 0.05) is 22.8 Å². The molecule has 17 heavy (non-hydrogen) atoms. The zero-order chi connectivity index (χ0) is 13.0. The molecule has 0 aromatic heterocycles. The normalized spacial score (nSPS) is 14.4. The van der Waals surface area contributed by atoms with Crippen molar-refractivity contribution in [1.82, 2.24) is 0 Å². The molecule has 1 aromatic rings. The van der Waals surface area contributed by atoms with Gasteiger partial charge in [0.25, 0.3) is 0 Å². The molecule has 0 amide bonds. The molecule has 0 aliphatic carbocycles. The number of hydrogen-bond acceptors (Lipinski definition) is 4. The Morgan fingerprint density at radius 2 is 2.06 bits per heavy atom. The molecule has 2 atom stereocenters. The molecule has 0 aliphatic rings. The number of Topliss-reactive ketones (excluding diaryl/α,β-unsaturated/α-hetero) is 1. The maximum atomic E-state index is 11.1. The van der Waals surface area contributed by atoms with Crippen LogP contribution in [0, 0.1) is 0 Å². The zero-order valence-corrected chi connectivity index (χ0v) is 10.2. The van der Waals surface area contributed by atoms with Gasteiger partial charge in [-0.3, -0.25) is 4.79 Å². The second-order valence-electron chi connectivity index (χ2n) is 3.82. The van der Waals surface area contributed by atoms with Crippen molar-refractivity contribution in [2.45, 2.75) is 25.6 Å². The van der Waals surface area contributed by atoms with Crippen LogP contribution < -0.4 is 0 Å². The van der Waals surface area contributed by atoms with E-state index in [1.807, 2.05) is 0 Å². The summed E-state index contributed by atoms with van der Waals surface area (Å²) in [5.41, 5.74) is 0.792. The third kappa shape index (κ3) is 3.51. The number of hydrogen-bond donors (Lipinski definition) is 3. The topological polar surface area (TPSA) is 77.8 Å². The van der Waals surface area contributed by atoms with Crippen molar-refractivity contribution in [3.05, 3.63) is 34.3 Å². The first-order valence-corrected chi connectivity index (χ1v) is 5.62. The third-order valence-electron chi connectivity index (χ3n) is 2.51. The Hall–Kier alpha value is -0.940. The molecular weight excluding hydrogens is 244 g/mol. The number of carbonyl (C=O) groups excluding carboxylic acids is 1. The molecule has 1 aromatic carbocycles. The van der Waals surface area contributed by atoms with Crippen LogP contribution in [0.3, 0.4) is 0 Å². The van der Waals surface area contributed by atoms with Gasteiger partial charge >= 0.3 is 0 Å². The Morgan fingerprint density at radius 3 is 2.53 bits per heavy atom. The largest absolute Gasteiger partial charge is 0.396 e. The molecule has 0 aliphatic heterocycles. The first-order chi connectivity index (χ1) is 7.97. The number of halogens is 1. The Balaban J connectivity index is 2.95. The van der Waals surface area contributed by atoms with Crippen molar-refractivity contribution >= 4 is 17.4 Å². The van der Waals surface area contributed by atoms with Crippen LogP contribution >= 0.6 is 11.6 Å². The average molecular weight is 259 g/mol. The zero-order valence-electron chi connectivity index (χ0n) is 9.43. The van der Waals surface area contributed by atoms with Gasteiger partial charge in [0.05, 0.1) is 6.10 Å². The summed E-state index contributed by atoms with van der Waals surface area (Å²) in [6, 6.07) is 4.50. The molecule has 0 fully saturated rings. The fraction of sp³-hybridized carbons (Fsp3) is 0.417. The van der Waals surface area contributed by atoms with Crippen LogP contribution in [-0.4, -0.2) is 33.8 Å². The SMILES string of the molecule is CC(=O)c1ccc(C(O)C(O)CCO)c(Cl)c1. The summed E-state index contributed by atoms with van der Waals surface area (Å²) in [6.07, 6.45) is -2.19. The number of rotatable bonds is 5. The molecule has 0 spiro atoms. The molecule has 3 N–H and O–H groups in total. The van der Waals surface area contributed by atoms with E-state index in [0.717, 1.165) is 0 Å². The third-order valence-corrected chi connectivity index (χ3v) is 2.84. The molecule has 0 saturated heterocycles. The van der Waals surface area contributed by atoms with E-state index in [1.165, 1.54) is 19.1 Å². The quantitative estimate of drug-likeness (QED) is 0.696. The van der Waals surface area contributed by atoms with Crippen molar-refractivity contribution in [2.75, 3.05) is 6.61 Å². The minimum atomic E-state index is -1.17. The van der Waals surface area contributed by atoms with Gasteiger partial charge in [0.2, 0.25) is 0 Å². The molecule has 0 radical (unpaired) electrons. The summed E-state index contributed by atoms with van der Waals surface area (Å²) in [6.45, 7) is 1.20. The summed E-state index contributed by atoms with van der Waals surface area (Å²) >= 11 is 5.93. The van der Waals surface area contributed by atoms with Crippen LogP contribution in [0.25, 0.3) is 0 Å². The highest BCUT2D eigenvalue weighted by molar-refractivity contribution is 6.31. The molecule has 94 valence electrons. The van der Waals surface area contributed by atoms with Crippen LogP contribution in [0.5, 0.6) is 0 Å². The summed E-state index contributed by atoms with van der Waals surface area (Å²) in [5, 5.41) is 28.2. The van der Waals surface area contributed by atoms with Gasteiger partial charge in [-0.2, -0.15) is 0 Å². The van der Waals surface area contributed by atoms with Crippen molar-refractivity contribution in [2.24, 2.45) is 0 Å². The fourth-order valence-electron chi connectivity index (χ4n) is 1.48. The van der Waals surface area contributed by atoms with Crippen LogP contribution in [0.1, 0.15) is 35.4 Å². The highest BCUT2D eigenvalue weighted by Gasteiger charge is 2.20. The maximum Gasteiger partial charge on any atom is 0.159 e. The van der Waals surface area contributed by atoms with E-state index in [-0.39, 0.29) is 23.8 Å². The summed E-state index contributed by atoms with van der Waals surface area (Å²) < 4.78 is 0. The predicted octanol–water partition coefficient (Wildman–Crippen LogP) is 1.32. The van der Waals surface area contributed by atoms with Crippen LogP contribution in [0.2, 0.25) is 5.02 Å². The summed E-state index contributed by atoms with van der Waals surface area (Å²) in [7, 11) is 0. The average Bonchev–Trinajstić information content (AvgIpc) is 2.28. The first-order valence-electron chi connectivity index (χ1n) is 5.24. The first kappa shape index (κ1) is 14.1. The highest BCUT2D eigenvalue weighted by Crippen LogP contribution is 2.27. The lowest BCUT2D eigenvalue weighted by molar-refractivity contribution is 0.00426. The van der Waals surface area contributed by atoms with Crippen molar-refractivity contribution in [3.8, 4) is 0 Å². The minimum Gasteiger partial charge on any atom is -0.396 e. The molecule has 0 saturated carbocycles. The molecule has 0 heterocycles. The lowest BCUT2D eigenvalue weighted by Crippen LogP contribution is -2.19. The second-order valence-corrected chi connectivity index (χ2v) is 4.22.